The highest BCUT2D eigenvalue weighted by Crippen LogP contribution is 2.31. The molecule has 94 valence electrons. The fourth-order valence-electron chi connectivity index (χ4n) is 1.89. The average molecular weight is 339 g/mol. The molecule has 1 aliphatic heterocycles. The van der Waals surface area contributed by atoms with Crippen molar-refractivity contribution in [3.05, 3.63) is 27.2 Å². The second kappa shape index (κ2) is 4.88. The maximum Gasteiger partial charge on any atom is 0.244 e. The zero-order valence-electron chi connectivity index (χ0n) is 9.41. The van der Waals surface area contributed by atoms with Gasteiger partial charge in [-0.05, 0) is 53.4 Å². The quantitative estimate of drug-likeness (QED) is 0.830. The second-order valence-corrected chi connectivity index (χ2v) is 7.31. The minimum Gasteiger partial charge on any atom is -0.207 e. The number of sulfonamides is 1. The maximum atomic E-state index is 12.4. The fourth-order valence-corrected chi connectivity index (χ4v) is 4.78. The van der Waals surface area contributed by atoms with Crippen molar-refractivity contribution in [2.45, 2.75) is 24.7 Å². The topological polar surface area (TPSA) is 37.4 Å². The minimum absolute atomic E-state index is 0.259. The van der Waals surface area contributed by atoms with Crippen LogP contribution in [0.4, 0.5) is 0 Å². The lowest BCUT2D eigenvalue weighted by atomic mass is 10.2. The van der Waals surface area contributed by atoms with E-state index in [1.165, 1.54) is 10.4 Å². The molecule has 6 heteroatoms. The summed E-state index contributed by atoms with van der Waals surface area (Å²) in [5.74, 6) is 0. The SMILES string of the molecule is Cc1cc(Br)c(S(=O)(=O)N2CCCC2)cc1Cl. The maximum absolute atomic E-state index is 12.4. The highest BCUT2D eigenvalue weighted by atomic mass is 79.9. The van der Waals surface area contributed by atoms with Crippen LogP contribution in [0.2, 0.25) is 5.02 Å². The Kier molecular flexibility index (Phi) is 3.83. The van der Waals surface area contributed by atoms with Gasteiger partial charge in [0.1, 0.15) is 0 Å². The molecular weight excluding hydrogens is 326 g/mol. The number of hydrogen-bond donors (Lipinski definition) is 0. The summed E-state index contributed by atoms with van der Waals surface area (Å²) in [5.41, 5.74) is 0.860. The van der Waals surface area contributed by atoms with Crippen LogP contribution in [0, 0.1) is 6.92 Å². The standard InChI is InChI=1S/C11H13BrClNO2S/c1-8-6-9(12)11(7-10(8)13)17(15,16)14-4-2-3-5-14/h6-7H,2-5H2,1H3. The predicted molar refractivity (Wildman–Crippen MR) is 71.9 cm³/mol. The first-order valence-electron chi connectivity index (χ1n) is 5.39. The summed E-state index contributed by atoms with van der Waals surface area (Å²) in [6, 6.07) is 3.26. The van der Waals surface area contributed by atoms with E-state index in [0.717, 1.165) is 18.4 Å². The Bertz CT molecular complexity index is 539. The zero-order chi connectivity index (χ0) is 12.6. The third kappa shape index (κ3) is 2.52. The average Bonchev–Trinajstić information content (AvgIpc) is 2.77. The molecule has 0 saturated carbocycles. The van der Waals surface area contributed by atoms with Gasteiger partial charge in [-0.15, -0.1) is 0 Å². The van der Waals surface area contributed by atoms with Gasteiger partial charge in [-0.1, -0.05) is 11.6 Å². The van der Waals surface area contributed by atoms with E-state index in [0.29, 0.717) is 22.6 Å². The Balaban J connectivity index is 2.49. The molecule has 0 spiro atoms. The Morgan fingerprint density at radius 3 is 2.47 bits per heavy atom. The highest BCUT2D eigenvalue weighted by Gasteiger charge is 2.29. The predicted octanol–water partition coefficient (Wildman–Crippen LogP) is 3.20. The molecule has 1 heterocycles. The van der Waals surface area contributed by atoms with E-state index in [2.05, 4.69) is 15.9 Å². The van der Waals surface area contributed by atoms with Crippen molar-refractivity contribution < 1.29 is 8.42 Å². The molecule has 0 radical (unpaired) electrons. The van der Waals surface area contributed by atoms with Crippen LogP contribution in [0.3, 0.4) is 0 Å². The summed E-state index contributed by atoms with van der Waals surface area (Å²) in [4.78, 5) is 0.259. The smallest absolute Gasteiger partial charge is 0.207 e. The van der Waals surface area contributed by atoms with Gasteiger partial charge in [0.25, 0.3) is 0 Å². The molecule has 0 N–H and O–H groups in total. The second-order valence-electron chi connectivity index (χ2n) is 4.14. The van der Waals surface area contributed by atoms with Crippen molar-refractivity contribution in [1.82, 2.24) is 4.31 Å². The number of rotatable bonds is 2. The van der Waals surface area contributed by atoms with Gasteiger partial charge >= 0.3 is 0 Å². The van der Waals surface area contributed by atoms with Crippen molar-refractivity contribution in [2.75, 3.05) is 13.1 Å². The molecule has 0 unspecified atom stereocenters. The van der Waals surface area contributed by atoms with Gasteiger partial charge in [-0.3, -0.25) is 0 Å². The Hall–Kier alpha value is -0.100. The molecule has 0 aromatic heterocycles. The fraction of sp³-hybridized carbons (Fsp3) is 0.455. The largest absolute Gasteiger partial charge is 0.244 e. The van der Waals surface area contributed by atoms with Gasteiger partial charge in [-0.2, -0.15) is 4.31 Å². The van der Waals surface area contributed by atoms with E-state index in [9.17, 15) is 8.42 Å². The lowest BCUT2D eigenvalue weighted by Crippen LogP contribution is -2.28. The third-order valence-corrected chi connectivity index (χ3v) is 6.16. The zero-order valence-corrected chi connectivity index (χ0v) is 12.6. The van der Waals surface area contributed by atoms with E-state index in [1.54, 1.807) is 6.07 Å². The van der Waals surface area contributed by atoms with Gasteiger partial charge in [0, 0.05) is 22.6 Å². The van der Waals surface area contributed by atoms with E-state index in [-0.39, 0.29) is 4.90 Å². The molecule has 17 heavy (non-hydrogen) atoms. The van der Waals surface area contributed by atoms with E-state index >= 15 is 0 Å². The minimum atomic E-state index is -3.41. The first-order valence-corrected chi connectivity index (χ1v) is 8.00. The molecule has 0 atom stereocenters. The Morgan fingerprint density at radius 2 is 1.88 bits per heavy atom. The van der Waals surface area contributed by atoms with Gasteiger partial charge in [-0.25, -0.2) is 8.42 Å². The third-order valence-electron chi connectivity index (χ3n) is 2.90. The number of aryl methyl sites for hydroxylation is 1. The van der Waals surface area contributed by atoms with Crippen LogP contribution in [0.25, 0.3) is 0 Å². The van der Waals surface area contributed by atoms with Crippen molar-refractivity contribution >= 4 is 37.6 Å². The summed E-state index contributed by atoms with van der Waals surface area (Å²) >= 11 is 9.29. The van der Waals surface area contributed by atoms with Crippen LogP contribution in [-0.2, 0) is 10.0 Å². The molecular formula is C11H13BrClNO2S. The molecule has 1 fully saturated rings. The Labute approximate surface area is 115 Å². The molecule has 0 aliphatic carbocycles. The molecule has 1 saturated heterocycles. The van der Waals surface area contributed by atoms with Gasteiger partial charge < -0.3 is 0 Å². The number of halogens is 2. The van der Waals surface area contributed by atoms with Crippen molar-refractivity contribution in [3.63, 3.8) is 0 Å². The van der Waals surface area contributed by atoms with Crippen molar-refractivity contribution in [1.29, 1.82) is 0 Å². The first-order chi connectivity index (χ1) is 7.93. The highest BCUT2D eigenvalue weighted by molar-refractivity contribution is 9.10. The first kappa shape index (κ1) is 13.3. The van der Waals surface area contributed by atoms with Crippen molar-refractivity contribution in [3.8, 4) is 0 Å². The van der Waals surface area contributed by atoms with Crippen LogP contribution in [0.5, 0.6) is 0 Å². The monoisotopic (exact) mass is 337 g/mol. The van der Waals surface area contributed by atoms with Gasteiger partial charge in [0.15, 0.2) is 0 Å². The number of nitrogens with zero attached hydrogens (tertiary/aromatic N) is 1. The van der Waals surface area contributed by atoms with Gasteiger partial charge in [0.2, 0.25) is 10.0 Å². The van der Waals surface area contributed by atoms with Crippen molar-refractivity contribution in [2.24, 2.45) is 0 Å². The van der Waals surface area contributed by atoms with E-state index in [4.69, 9.17) is 11.6 Å². The lowest BCUT2D eigenvalue weighted by molar-refractivity contribution is 0.477. The Morgan fingerprint density at radius 1 is 1.29 bits per heavy atom. The van der Waals surface area contributed by atoms with Crippen LogP contribution in [0.1, 0.15) is 18.4 Å². The van der Waals surface area contributed by atoms with Crippen LogP contribution >= 0.6 is 27.5 Å². The van der Waals surface area contributed by atoms with Crippen LogP contribution in [0.15, 0.2) is 21.5 Å². The lowest BCUT2D eigenvalue weighted by Gasteiger charge is -2.17. The van der Waals surface area contributed by atoms with Gasteiger partial charge in [0.05, 0.1) is 4.90 Å². The number of benzene rings is 1. The van der Waals surface area contributed by atoms with E-state index < -0.39 is 10.0 Å². The summed E-state index contributed by atoms with van der Waals surface area (Å²) in [7, 11) is -3.41. The van der Waals surface area contributed by atoms with Crippen LogP contribution < -0.4 is 0 Å². The normalized spacial score (nSPS) is 17.6. The summed E-state index contributed by atoms with van der Waals surface area (Å²) < 4.78 is 26.8. The summed E-state index contributed by atoms with van der Waals surface area (Å²) in [5, 5.41) is 0.478. The molecule has 1 aromatic rings. The van der Waals surface area contributed by atoms with Crippen LogP contribution in [-0.4, -0.2) is 25.8 Å². The molecule has 1 aromatic carbocycles. The van der Waals surface area contributed by atoms with E-state index in [1.807, 2.05) is 6.92 Å². The molecule has 1 aliphatic rings. The summed E-state index contributed by atoms with van der Waals surface area (Å²) in [6.07, 6.45) is 1.85. The molecule has 2 rings (SSSR count). The summed E-state index contributed by atoms with van der Waals surface area (Å²) in [6.45, 7) is 3.04. The molecule has 0 amide bonds. The number of hydrogen-bond acceptors (Lipinski definition) is 2. The molecule has 3 nitrogen and oxygen atoms in total. The molecule has 0 bridgehead atoms.